The van der Waals surface area contributed by atoms with E-state index in [4.69, 9.17) is 11.6 Å². The highest BCUT2D eigenvalue weighted by Gasteiger charge is 2.05. The SMILES string of the molecule is Clc1cccc(CSc2nnc(NCCc3cccs3)s2)c1. The molecule has 22 heavy (non-hydrogen) atoms. The Bertz CT molecular complexity index is 712. The van der Waals surface area contributed by atoms with Crippen LogP contribution in [-0.4, -0.2) is 16.7 Å². The number of hydrogen-bond donors (Lipinski definition) is 1. The van der Waals surface area contributed by atoms with Gasteiger partial charge in [0, 0.05) is 22.2 Å². The van der Waals surface area contributed by atoms with Gasteiger partial charge in [-0.2, -0.15) is 0 Å². The highest BCUT2D eigenvalue weighted by atomic mass is 35.5. The van der Waals surface area contributed by atoms with Gasteiger partial charge in [0.1, 0.15) is 0 Å². The molecule has 0 aliphatic carbocycles. The lowest BCUT2D eigenvalue weighted by molar-refractivity contribution is 0.980. The van der Waals surface area contributed by atoms with Crippen LogP contribution in [0.25, 0.3) is 0 Å². The summed E-state index contributed by atoms with van der Waals surface area (Å²) < 4.78 is 0.971. The Balaban J connectivity index is 1.46. The van der Waals surface area contributed by atoms with E-state index in [1.165, 1.54) is 10.4 Å². The molecule has 1 aromatic carbocycles. The van der Waals surface area contributed by atoms with Crippen molar-refractivity contribution in [2.75, 3.05) is 11.9 Å². The Morgan fingerprint density at radius 3 is 2.95 bits per heavy atom. The maximum Gasteiger partial charge on any atom is 0.206 e. The maximum atomic E-state index is 5.99. The van der Waals surface area contributed by atoms with Crippen molar-refractivity contribution in [1.29, 1.82) is 0 Å². The van der Waals surface area contributed by atoms with Crippen molar-refractivity contribution in [2.24, 2.45) is 0 Å². The molecule has 0 fully saturated rings. The Hall–Kier alpha value is -1.08. The first kappa shape index (κ1) is 15.8. The Morgan fingerprint density at radius 1 is 1.18 bits per heavy atom. The molecule has 1 N–H and O–H groups in total. The standard InChI is InChI=1S/C15H14ClN3S3/c16-12-4-1-3-11(9-12)10-21-15-19-18-14(22-15)17-7-6-13-5-2-8-20-13/h1-5,8-9H,6-7,10H2,(H,17,18). The van der Waals surface area contributed by atoms with Crippen molar-refractivity contribution in [2.45, 2.75) is 16.5 Å². The van der Waals surface area contributed by atoms with Crippen LogP contribution in [0.1, 0.15) is 10.4 Å². The number of thioether (sulfide) groups is 1. The number of rotatable bonds is 7. The molecule has 0 amide bonds. The number of nitrogens with one attached hydrogen (secondary N) is 1. The first-order valence-electron chi connectivity index (χ1n) is 6.76. The Kier molecular flexibility index (Phi) is 5.72. The van der Waals surface area contributed by atoms with Crippen molar-refractivity contribution >= 4 is 51.2 Å². The first-order valence-corrected chi connectivity index (χ1v) is 9.82. The highest BCUT2D eigenvalue weighted by Crippen LogP contribution is 2.28. The predicted octanol–water partition coefficient (Wildman–Crippen LogP) is 5.20. The molecule has 2 heterocycles. The van der Waals surface area contributed by atoms with Crippen LogP contribution < -0.4 is 5.32 Å². The molecule has 0 saturated carbocycles. The smallest absolute Gasteiger partial charge is 0.206 e. The van der Waals surface area contributed by atoms with Gasteiger partial charge in [-0.25, -0.2) is 0 Å². The first-order chi connectivity index (χ1) is 10.8. The fourth-order valence-electron chi connectivity index (χ4n) is 1.86. The van der Waals surface area contributed by atoms with Gasteiger partial charge in [-0.1, -0.05) is 52.9 Å². The average molecular weight is 368 g/mol. The zero-order valence-corrected chi connectivity index (χ0v) is 14.9. The van der Waals surface area contributed by atoms with Gasteiger partial charge in [-0.3, -0.25) is 0 Å². The molecule has 7 heteroatoms. The van der Waals surface area contributed by atoms with Gasteiger partial charge >= 0.3 is 0 Å². The van der Waals surface area contributed by atoms with Crippen molar-refractivity contribution < 1.29 is 0 Å². The fraction of sp³-hybridized carbons (Fsp3) is 0.200. The maximum absolute atomic E-state index is 5.99. The summed E-state index contributed by atoms with van der Waals surface area (Å²) in [7, 11) is 0. The van der Waals surface area contributed by atoms with E-state index in [9.17, 15) is 0 Å². The van der Waals surface area contributed by atoms with E-state index in [-0.39, 0.29) is 0 Å². The minimum Gasteiger partial charge on any atom is -0.360 e. The lowest BCUT2D eigenvalue weighted by atomic mass is 10.2. The van der Waals surface area contributed by atoms with Crippen LogP contribution >= 0.6 is 46.0 Å². The summed E-state index contributed by atoms with van der Waals surface area (Å²) in [6.07, 6.45) is 1.02. The molecule has 0 atom stereocenters. The molecule has 0 unspecified atom stereocenters. The monoisotopic (exact) mass is 367 g/mol. The van der Waals surface area contributed by atoms with Crippen molar-refractivity contribution in [3.63, 3.8) is 0 Å². The van der Waals surface area contributed by atoms with Crippen molar-refractivity contribution in [3.05, 3.63) is 57.2 Å². The normalized spacial score (nSPS) is 10.8. The zero-order valence-electron chi connectivity index (χ0n) is 11.7. The van der Waals surface area contributed by atoms with Gasteiger partial charge < -0.3 is 5.32 Å². The molecule has 3 aromatic rings. The second kappa shape index (κ2) is 7.97. The second-order valence-electron chi connectivity index (χ2n) is 4.55. The Labute approximate surface area is 146 Å². The summed E-state index contributed by atoms with van der Waals surface area (Å²) in [5.41, 5.74) is 1.19. The van der Waals surface area contributed by atoms with Gasteiger partial charge in [-0.05, 0) is 35.6 Å². The van der Waals surface area contributed by atoms with E-state index in [1.807, 2.05) is 18.2 Å². The van der Waals surface area contributed by atoms with E-state index in [2.05, 4.69) is 39.1 Å². The molecule has 2 aromatic heterocycles. The third-order valence-corrected chi connectivity index (χ3v) is 6.14. The number of anilines is 1. The van der Waals surface area contributed by atoms with E-state index < -0.39 is 0 Å². The molecular weight excluding hydrogens is 354 g/mol. The molecule has 0 aliphatic rings. The molecule has 0 spiro atoms. The van der Waals surface area contributed by atoms with Crippen molar-refractivity contribution in [3.8, 4) is 0 Å². The number of nitrogens with zero attached hydrogens (tertiary/aromatic N) is 2. The number of thiophene rings is 1. The summed E-state index contributed by atoms with van der Waals surface area (Å²) in [6, 6.07) is 12.1. The molecule has 3 rings (SSSR count). The van der Waals surface area contributed by atoms with Crippen LogP contribution in [0.15, 0.2) is 46.1 Å². The molecule has 3 nitrogen and oxygen atoms in total. The molecule has 0 radical (unpaired) electrons. The summed E-state index contributed by atoms with van der Waals surface area (Å²) >= 11 is 11.0. The third kappa shape index (κ3) is 4.71. The van der Waals surface area contributed by atoms with E-state index in [0.717, 1.165) is 33.2 Å². The Morgan fingerprint density at radius 2 is 2.14 bits per heavy atom. The largest absolute Gasteiger partial charge is 0.360 e. The summed E-state index contributed by atoms with van der Waals surface area (Å²) in [6.45, 7) is 0.883. The van der Waals surface area contributed by atoms with E-state index >= 15 is 0 Å². The number of benzene rings is 1. The minimum atomic E-state index is 0.770. The van der Waals surface area contributed by atoms with Gasteiger partial charge in [0.05, 0.1) is 0 Å². The molecule has 114 valence electrons. The van der Waals surface area contributed by atoms with E-state index in [1.54, 1.807) is 34.4 Å². The zero-order chi connectivity index (χ0) is 15.2. The summed E-state index contributed by atoms with van der Waals surface area (Å²) in [5.74, 6) is 0.852. The molecule has 0 aliphatic heterocycles. The van der Waals surface area contributed by atoms with Gasteiger partial charge in [0.2, 0.25) is 5.13 Å². The number of halogens is 1. The number of hydrogen-bond acceptors (Lipinski definition) is 6. The molecular formula is C15H14ClN3S3. The highest BCUT2D eigenvalue weighted by molar-refractivity contribution is 8.00. The summed E-state index contributed by atoms with van der Waals surface area (Å²) in [4.78, 5) is 1.38. The molecule has 0 saturated heterocycles. The lowest BCUT2D eigenvalue weighted by Gasteiger charge is -1.99. The fourth-order valence-corrected chi connectivity index (χ4v) is 4.50. The minimum absolute atomic E-state index is 0.770. The topological polar surface area (TPSA) is 37.8 Å². The van der Waals surface area contributed by atoms with Crippen LogP contribution in [0.4, 0.5) is 5.13 Å². The lowest BCUT2D eigenvalue weighted by Crippen LogP contribution is -2.03. The van der Waals surface area contributed by atoms with Gasteiger partial charge in [-0.15, -0.1) is 21.5 Å². The average Bonchev–Trinajstić information content (AvgIpc) is 3.17. The quantitative estimate of drug-likeness (QED) is 0.582. The van der Waals surface area contributed by atoms with Gasteiger partial charge in [0.25, 0.3) is 0 Å². The second-order valence-corrected chi connectivity index (χ2v) is 8.22. The number of aromatic nitrogens is 2. The van der Waals surface area contributed by atoms with Gasteiger partial charge in [0.15, 0.2) is 4.34 Å². The predicted molar refractivity (Wildman–Crippen MR) is 97.4 cm³/mol. The summed E-state index contributed by atoms with van der Waals surface area (Å²) in [5, 5.41) is 15.5. The van der Waals surface area contributed by atoms with Crippen LogP contribution in [0.3, 0.4) is 0 Å². The van der Waals surface area contributed by atoms with Crippen molar-refractivity contribution in [1.82, 2.24) is 10.2 Å². The van der Waals surface area contributed by atoms with Crippen LogP contribution in [-0.2, 0) is 12.2 Å². The van der Waals surface area contributed by atoms with E-state index in [0.29, 0.717) is 0 Å². The third-order valence-electron chi connectivity index (χ3n) is 2.89. The van der Waals surface area contributed by atoms with Crippen LogP contribution in [0, 0.1) is 0 Å². The molecule has 0 bridgehead atoms. The van der Waals surface area contributed by atoms with Crippen LogP contribution in [0.2, 0.25) is 5.02 Å². The van der Waals surface area contributed by atoms with Crippen LogP contribution in [0.5, 0.6) is 0 Å².